The number of rotatable bonds is 4. The molecule has 0 aliphatic carbocycles. The van der Waals surface area contributed by atoms with Crippen molar-refractivity contribution < 1.29 is 5.11 Å². The van der Waals surface area contributed by atoms with Gasteiger partial charge in [0, 0.05) is 23.2 Å². The standard InChI is InChI=1S/C17H26BrNO/c1-3-5-14-6-4-10-19(11-9-14)15-7-8-16(13(2)20)17(18)12-15/h7-8,12-14,20H,3-6,9-11H2,1-2H3. The summed E-state index contributed by atoms with van der Waals surface area (Å²) in [5.74, 6) is 0.908. The molecule has 2 unspecified atom stereocenters. The zero-order valence-electron chi connectivity index (χ0n) is 12.6. The maximum atomic E-state index is 9.70. The summed E-state index contributed by atoms with van der Waals surface area (Å²) >= 11 is 3.58. The molecule has 0 spiro atoms. The maximum absolute atomic E-state index is 9.70. The molecule has 1 aliphatic heterocycles. The van der Waals surface area contributed by atoms with Gasteiger partial charge in [-0.15, -0.1) is 0 Å². The molecule has 1 N–H and O–H groups in total. The maximum Gasteiger partial charge on any atom is 0.0772 e. The molecule has 1 fully saturated rings. The molecule has 1 heterocycles. The lowest BCUT2D eigenvalue weighted by Crippen LogP contribution is -2.24. The molecule has 2 nitrogen and oxygen atoms in total. The van der Waals surface area contributed by atoms with Crippen molar-refractivity contribution in [2.24, 2.45) is 5.92 Å². The summed E-state index contributed by atoms with van der Waals surface area (Å²) < 4.78 is 1.01. The van der Waals surface area contributed by atoms with Crippen molar-refractivity contribution in [3.8, 4) is 0 Å². The highest BCUT2D eigenvalue weighted by atomic mass is 79.9. The third-order valence-electron chi connectivity index (χ3n) is 4.34. The molecule has 1 aromatic rings. The summed E-state index contributed by atoms with van der Waals surface area (Å²) in [5.41, 5.74) is 2.24. The fourth-order valence-corrected chi connectivity index (χ4v) is 3.87. The van der Waals surface area contributed by atoms with Gasteiger partial charge < -0.3 is 10.0 Å². The van der Waals surface area contributed by atoms with E-state index in [1.807, 2.05) is 6.07 Å². The van der Waals surface area contributed by atoms with Crippen molar-refractivity contribution in [1.82, 2.24) is 0 Å². The minimum absolute atomic E-state index is 0.420. The predicted molar refractivity (Wildman–Crippen MR) is 89.2 cm³/mol. The predicted octanol–water partition coefficient (Wildman–Crippen LogP) is 4.91. The first-order chi connectivity index (χ1) is 9.61. The van der Waals surface area contributed by atoms with E-state index in [0.29, 0.717) is 0 Å². The Hall–Kier alpha value is -0.540. The third-order valence-corrected chi connectivity index (χ3v) is 5.03. The van der Waals surface area contributed by atoms with Crippen LogP contribution in [-0.4, -0.2) is 18.2 Å². The molecule has 1 aromatic carbocycles. The summed E-state index contributed by atoms with van der Waals surface area (Å²) in [4.78, 5) is 2.49. The van der Waals surface area contributed by atoms with Crippen LogP contribution in [0.1, 0.15) is 57.6 Å². The lowest BCUT2D eigenvalue weighted by Gasteiger charge is -2.24. The molecule has 0 amide bonds. The van der Waals surface area contributed by atoms with Gasteiger partial charge in [0.15, 0.2) is 0 Å². The molecule has 2 atom stereocenters. The highest BCUT2D eigenvalue weighted by molar-refractivity contribution is 9.10. The molecule has 0 aromatic heterocycles. The highest BCUT2D eigenvalue weighted by Crippen LogP contribution is 2.30. The van der Waals surface area contributed by atoms with Gasteiger partial charge in [0.25, 0.3) is 0 Å². The number of hydrogen-bond donors (Lipinski definition) is 1. The molecular weight excluding hydrogens is 314 g/mol. The molecule has 20 heavy (non-hydrogen) atoms. The van der Waals surface area contributed by atoms with Crippen LogP contribution in [0, 0.1) is 5.92 Å². The van der Waals surface area contributed by atoms with Gasteiger partial charge in [-0.1, -0.05) is 41.8 Å². The lowest BCUT2D eigenvalue weighted by atomic mass is 9.96. The first-order valence-corrected chi connectivity index (χ1v) is 8.63. The Morgan fingerprint density at radius 2 is 2.15 bits per heavy atom. The van der Waals surface area contributed by atoms with Gasteiger partial charge in [-0.05, 0) is 49.8 Å². The van der Waals surface area contributed by atoms with E-state index in [4.69, 9.17) is 0 Å². The average Bonchev–Trinajstić information content (AvgIpc) is 2.64. The van der Waals surface area contributed by atoms with E-state index >= 15 is 0 Å². The molecule has 0 bridgehead atoms. The SMILES string of the molecule is CCCC1CCCN(c2ccc(C(C)O)c(Br)c2)CC1. The first kappa shape index (κ1) is 15.8. The van der Waals surface area contributed by atoms with Crippen LogP contribution in [0.4, 0.5) is 5.69 Å². The van der Waals surface area contributed by atoms with Crippen molar-refractivity contribution >= 4 is 21.6 Å². The molecule has 1 aliphatic rings. The Kier molecular flexibility index (Phi) is 5.91. The smallest absolute Gasteiger partial charge is 0.0772 e. The van der Waals surface area contributed by atoms with Crippen LogP contribution in [-0.2, 0) is 0 Å². The van der Waals surface area contributed by atoms with Crippen molar-refractivity contribution in [2.45, 2.75) is 52.1 Å². The van der Waals surface area contributed by atoms with Crippen molar-refractivity contribution in [3.05, 3.63) is 28.2 Å². The number of anilines is 1. The average molecular weight is 340 g/mol. The van der Waals surface area contributed by atoms with Crippen molar-refractivity contribution in [3.63, 3.8) is 0 Å². The second-order valence-corrected chi connectivity index (χ2v) is 6.81. The normalized spacial score (nSPS) is 21.6. The van der Waals surface area contributed by atoms with Gasteiger partial charge in [0.2, 0.25) is 0 Å². The van der Waals surface area contributed by atoms with Gasteiger partial charge in [0.1, 0.15) is 0 Å². The van der Waals surface area contributed by atoms with Crippen LogP contribution in [0.2, 0.25) is 0 Å². The quantitative estimate of drug-likeness (QED) is 0.842. The van der Waals surface area contributed by atoms with Crippen LogP contribution >= 0.6 is 15.9 Å². The Labute approximate surface area is 131 Å². The number of hydrogen-bond acceptors (Lipinski definition) is 2. The molecule has 1 saturated heterocycles. The van der Waals surface area contributed by atoms with E-state index < -0.39 is 6.10 Å². The van der Waals surface area contributed by atoms with E-state index in [9.17, 15) is 5.11 Å². The van der Waals surface area contributed by atoms with E-state index in [1.54, 1.807) is 6.92 Å². The van der Waals surface area contributed by atoms with Crippen LogP contribution in [0.5, 0.6) is 0 Å². The fraction of sp³-hybridized carbons (Fsp3) is 0.647. The van der Waals surface area contributed by atoms with E-state index in [0.717, 1.165) is 29.0 Å². The molecule has 3 heteroatoms. The summed E-state index contributed by atoms with van der Waals surface area (Å²) in [7, 11) is 0. The fourth-order valence-electron chi connectivity index (χ4n) is 3.17. The van der Waals surface area contributed by atoms with Gasteiger partial charge in [-0.2, -0.15) is 0 Å². The second kappa shape index (κ2) is 7.46. The van der Waals surface area contributed by atoms with Crippen LogP contribution in [0.25, 0.3) is 0 Å². The molecule has 2 rings (SSSR count). The third kappa shape index (κ3) is 3.98. The van der Waals surface area contributed by atoms with Crippen LogP contribution in [0.3, 0.4) is 0 Å². The van der Waals surface area contributed by atoms with Crippen LogP contribution < -0.4 is 4.90 Å². The molecule has 0 saturated carbocycles. The lowest BCUT2D eigenvalue weighted by molar-refractivity contribution is 0.198. The van der Waals surface area contributed by atoms with E-state index in [1.165, 1.54) is 37.8 Å². The van der Waals surface area contributed by atoms with Crippen LogP contribution in [0.15, 0.2) is 22.7 Å². The summed E-state index contributed by atoms with van der Waals surface area (Å²) in [6.07, 6.45) is 6.23. The zero-order chi connectivity index (χ0) is 14.5. The summed E-state index contributed by atoms with van der Waals surface area (Å²) in [6.45, 7) is 6.40. The Morgan fingerprint density at radius 1 is 1.35 bits per heavy atom. The number of aliphatic hydroxyl groups is 1. The minimum atomic E-state index is -0.420. The topological polar surface area (TPSA) is 23.5 Å². The number of nitrogens with zero attached hydrogens (tertiary/aromatic N) is 1. The van der Waals surface area contributed by atoms with Gasteiger partial charge in [0.05, 0.1) is 6.10 Å². The highest BCUT2D eigenvalue weighted by Gasteiger charge is 2.17. The largest absolute Gasteiger partial charge is 0.389 e. The molecule has 112 valence electrons. The summed E-state index contributed by atoms with van der Waals surface area (Å²) in [5, 5.41) is 9.70. The number of benzene rings is 1. The molecule has 0 radical (unpaired) electrons. The Balaban J connectivity index is 2.06. The number of halogens is 1. The van der Waals surface area contributed by atoms with E-state index in [-0.39, 0.29) is 0 Å². The van der Waals surface area contributed by atoms with Gasteiger partial charge in [-0.25, -0.2) is 0 Å². The monoisotopic (exact) mass is 339 g/mol. The van der Waals surface area contributed by atoms with Gasteiger partial charge in [-0.3, -0.25) is 0 Å². The molecular formula is C17H26BrNO. The van der Waals surface area contributed by atoms with E-state index in [2.05, 4.69) is 39.9 Å². The van der Waals surface area contributed by atoms with Gasteiger partial charge >= 0.3 is 0 Å². The summed E-state index contributed by atoms with van der Waals surface area (Å²) in [6, 6.07) is 6.34. The second-order valence-electron chi connectivity index (χ2n) is 5.95. The Bertz CT molecular complexity index is 433. The van der Waals surface area contributed by atoms with Crippen molar-refractivity contribution in [2.75, 3.05) is 18.0 Å². The zero-order valence-corrected chi connectivity index (χ0v) is 14.2. The first-order valence-electron chi connectivity index (χ1n) is 7.84. The Morgan fingerprint density at radius 3 is 2.80 bits per heavy atom. The van der Waals surface area contributed by atoms with Crippen molar-refractivity contribution in [1.29, 1.82) is 0 Å². The number of aliphatic hydroxyl groups excluding tert-OH is 1. The minimum Gasteiger partial charge on any atom is -0.389 e.